The summed E-state index contributed by atoms with van der Waals surface area (Å²) >= 11 is 6.09. The van der Waals surface area contributed by atoms with Crippen molar-refractivity contribution < 1.29 is 4.43 Å². The molecule has 1 N–H and O–H groups in total. The summed E-state index contributed by atoms with van der Waals surface area (Å²) in [7, 11) is -1.71. The molecular formula is C19H32ClNOSi. The van der Waals surface area contributed by atoms with Crippen LogP contribution in [0, 0.1) is 0 Å². The third-order valence-electron chi connectivity index (χ3n) is 5.41. The second-order valence-electron chi connectivity index (χ2n) is 8.32. The summed E-state index contributed by atoms with van der Waals surface area (Å²) in [6.07, 6.45) is 5.32. The van der Waals surface area contributed by atoms with Gasteiger partial charge < -0.3 is 9.74 Å². The summed E-state index contributed by atoms with van der Waals surface area (Å²) in [5, 5.41) is 4.80. The molecule has 0 unspecified atom stereocenters. The Kier molecular flexibility index (Phi) is 6.34. The van der Waals surface area contributed by atoms with Gasteiger partial charge in [0.05, 0.1) is 6.10 Å². The minimum Gasteiger partial charge on any atom is -0.412 e. The van der Waals surface area contributed by atoms with E-state index in [2.05, 4.69) is 45.2 Å². The fraction of sp³-hybridized carbons (Fsp3) is 0.684. The van der Waals surface area contributed by atoms with Gasteiger partial charge >= 0.3 is 0 Å². The van der Waals surface area contributed by atoms with Gasteiger partial charge in [0, 0.05) is 17.6 Å². The summed E-state index contributed by atoms with van der Waals surface area (Å²) in [6.45, 7) is 12.5. The SMILES string of the molecule is CC(C)(C)[Si](C)(C)O[C@H]1CCCC[C@@H]1NCc1cccc(Cl)c1. The molecule has 130 valence electrons. The van der Waals surface area contributed by atoms with E-state index >= 15 is 0 Å². The highest BCUT2D eigenvalue weighted by atomic mass is 35.5. The fourth-order valence-electron chi connectivity index (χ4n) is 2.92. The zero-order valence-corrected chi connectivity index (χ0v) is 17.0. The predicted octanol–water partition coefficient (Wildman–Crippen LogP) is 5.76. The van der Waals surface area contributed by atoms with Crippen LogP contribution in [0.2, 0.25) is 23.2 Å². The molecule has 1 fully saturated rings. The Hall–Kier alpha value is -0.353. The molecule has 2 rings (SSSR count). The Bertz CT molecular complexity index is 512. The van der Waals surface area contributed by atoms with Crippen LogP contribution in [-0.4, -0.2) is 20.5 Å². The lowest BCUT2D eigenvalue weighted by Gasteiger charge is -2.43. The van der Waals surface area contributed by atoms with Crippen molar-refractivity contribution in [3.05, 3.63) is 34.9 Å². The molecule has 1 aromatic rings. The first-order chi connectivity index (χ1) is 10.7. The van der Waals surface area contributed by atoms with E-state index in [-0.39, 0.29) is 5.04 Å². The summed E-state index contributed by atoms with van der Waals surface area (Å²) in [5.41, 5.74) is 1.24. The Labute approximate surface area is 148 Å². The maximum atomic E-state index is 6.72. The highest BCUT2D eigenvalue weighted by Crippen LogP contribution is 2.39. The molecule has 0 heterocycles. The average molecular weight is 354 g/mol. The van der Waals surface area contributed by atoms with Crippen LogP contribution >= 0.6 is 11.6 Å². The van der Waals surface area contributed by atoms with Gasteiger partial charge in [0.1, 0.15) is 0 Å². The molecule has 2 nitrogen and oxygen atoms in total. The summed E-state index contributed by atoms with van der Waals surface area (Å²) in [5.74, 6) is 0. The lowest BCUT2D eigenvalue weighted by molar-refractivity contribution is 0.0987. The molecule has 1 aliphatic rings. The van der Waals surface area contributed by atoms with Gasteiger partial charge in [0.2, 0.25) is 0 Å². The van der Waals surface area contributed by atoms with Crippen LogP contribution in [0.25, 0.3) is 0 Å². The van der Waals surface area contributed by atoms with E-state index in [1.807, 2.05) is 18.2 Å². The average Bonchev–Trinajstić information content (AvgIpc) is 2.45. The number of halogens is 1. The molecule has 0 aliphatic heterocycles. The second-order valence-corrected chi connectivity index (χ2v) is 13.5. The quantitative estimate of drug-likeness (QED) is 0.679. The lowest BCUT2D eigenvalue weighted by Crippen LogP contribution is -2.51. The number of benzene rings is 1. The number of rotatable bonds is 5. The Morgan fingerprint density at radius 1 is 1.22 bits per heavy atom. The zero-order valence-electron chi connectivity index (χ0n) is 15.3. The van der Waals surface area contributed by atoms with E-state index in [1.165, 1.54) is 31.2 Å². The Morgan fingerprint density at radius 2 is 1.91 bits per heavy atom. The highest BCUT2D eigenvalue weighted by molar-refractivity contribution is 6.74. The third kappa shape index (κ3) is 5.32. The fourth-order valence-corrected chi connectivity index (χ4v) is 4.53. The van der Waals surface area contributed by atoms with E-state index in [4.69, 9.17) is 16.0 Å². The molecule has 4 heteroatoms. The molecular weight excluding hydrogens is 322 g/mol. The topological polar surface area (TPSA) is 21.3 Å². The van der Waals surface area contributed by atoms with Gasteiger partial charge in [-0.25, -0.2) is 0 Å². The first-order valence-corrected chi connectivity index (χ1v) is 12.1. The minimum absolute atomic E-state index is 0.266. The first-order valence-electron chi connectivity index (χ1n) is 8.85. The van der Waals surface area contributed by atoms with Crippen LogP contribution in [0.4, 0.5) is 0 Å². The molecule has 0 aromatic heterocycles. The van der Waals surface area contributed by atoms with E-state index in [0.29, 0.717) is 12.1 Å². The van der Waals surface area contributed by atoms with Crippen LogP contribution in [-0.2, 0) is 11.0 Å². The molecule has 0 bridgehead atoms. The first kappa shape index (κ1) is 19.0. The number of hydrogen-bond donors (Lipinski definition) is 1. The molecule has 0 saturated heterocycles. The van der Waals surface area contributed by atoms with Crippen molar-refractivity contribution in [3.63, 3.8) is 0 Å². The molecule has 0 spiro atoms. The molecule has 2 atom stereocenters. The monoisotopic (exact) mass is 353 g/mol. The molecule has 23 heavy (non-hydrogen) atoms. The smallest absolute Gasteiger partial charge is 0.192 e. The minimum atomic E-state index is -1.71. The van der Waals surface area contributed by atoms with Gasteiger partial charge in [0.25, 0.3) is 0 Å². The van der Waals surface area contributed by atoms with Crippen molar-refractivity contribution in [2.45, 2.75) is 83.3 Å². The van der Waals surface area contributed by atoms with E-state index in [9.17, 15) is 0 Å². The van der Waals surface area contributed by atoms with E-state index in [1.54, 1.807) is 0 Å². The number of hydrogen-bond acceptors (Lipinski definition) is 2. The van der Waals surface area contributed by atoms with E-state index in [0.717, 1.165) is 11.6 Å². The van der Waals surface area contributed by atoms with Crippen molar-refractivity contribution in [2.24, 2.45) is 0 Å². The Morgan fingerprint density at radius 3 is 2.57 bits per heavy atom. The maximum absolute atomic E-state index is 6.72. The Balaban J connectivity index is 1.98. The second kappa shape index (κ2) is 7.69. The molecule has 0 amide bonds. The normalized spacial score (nSPS) is 23.0. The van der Waals surface area contributed by atoms with Gasteiger partial charge in [-0.05, 0) is 48.7 Å². The summed E-state index contributed by atoms with van der Waals surface area (Å²) in [6, 6.07) is 8.57. The van der Waals surface area contributed by atoms with Gasteiger partial charge in [-0.2, -0.15) is 0 Å². The van der Waals surface area contributed by atoms with Crippen molar-refractivity contribution in [3.8, 4) is 0 Å². The molecule has 1 aliphatic carbocycles. The summed E-state index contributed by atoms with van der Waals surface area (Å²) in [4.78, 5) is 0. The van der Waals surface area contributed by atoms with Gasteiger partial charge in [-0.1, -0.05) is 57.3 Å². The molecule has 1 saturated carbocycles. The number of nitrogens with one attached hydrogen (secondary N) is 1. The van der Waals surface area contributed by atoms with Crippen LogP contribution in [0.5, 0.6) is 0 Å². The summed E-state index contributed by atoms with van der Waals surface area (Å²) < 4.78 is 6.72. The molecule has 1 aromatic carbocycles. The van der Waals surface area contributed by atoms with Crippen LogP contribution in [0.3, 0.4) is 0 Å². The van der Waals surface area contributed by atoms with Crippen molar-refractivity contribution in [2.75, 3.05) is 0 Å². The highest BCUT2D eigenvalue weighted by Gasteiger charge is 2.41. The van der Waals surface area contributed by atoms with E-state index < -0.39 is 8.32 Å². The largest absolute Gasteiger partial charge is 0.412 e. The van der Waals surface area contributed by atoms with Crippen LogP contribution in [0.15, 0.2) is 24.3 Å². The standard InChI is InChI=1S/C19H32ClNOSi/c1-19(2,3)23(4,5)22-18-12-7-6-11-17(18)21-14-15-9-8-10-16(20)13-15/h8-10,13,17-18,21H,6-7,11-12,14H2,1-5H3/t17-,18-/m0/s1. The van der Waals surface area contributed by atoms with Crippen LogP contribution in [0.1, 0.15) is 52.0 Å². The van der Waals surface area contributed by atoms with Gasteiger partial charge in [-0.3, -0.25) is 0 Å². The van der Waals surface area contributed by atoms with Crippen molar-refractivity contribution >= 4 is 19.9 Å². The van der Waals surface area contributed by atoms with Gasteiger partial charge in [-0.15, -0.1) is 0 Å². The third-order valence-corrected chi connectivity index (χ3v) is 10.2. The molecule has 0 radical (unpaired) electrons. The van der Waals surface area contributed by atoms with Crippen LogP contribution < -0.4 is 5.32 Å². The predicted molar refractivity (Wildman–Crippen MR) is 103 cm³/mol. The maximum Gasteiger partial charge on any atom is 0.192 e. The zero-order chi connectivity index (χ0) is 17.1. The lowest BCUT2D eigenvalue weighted by atomic mass is 9.92. The van der Waals surface area contributed by atoms with Crippen molar-refractivity contribution in [1.29, 1.82) is 0 Å². The van der Waals surface area contributed by atoms with Crippen molar-refractivity contribution in [1.82, 2.24) is 5.32 Å². The van der Waals surface area contributed by atoms with Gasteiger partial charge in [0.15, 0.2) is 8.32 Å².